The lowest BCUT2D eigenvalue weighted by atomic mass is 10.3. The van der Waals surface area contributed by atoms with Crippen LogP contribution in [-0.4, -0.2) is 25.2 Å². The van der Waals surface area contributed by atoms with Crippen molar-refractivity contribution in [1.29, 1.82) is 5.26 Å². The first-order valence-electron chi connectivity index (χ1n) is 7.91. The van der Waals surface area contributed by atoms with Crippen molar-refractivity contribution in [3.63, 3.8) is 0 Å². The number of benzene rings is 2. The van der Waals surface area contributed by atoms with Gasteiger partial charge in [0.05, 0.1) is 16.1 Å². The van der Waals surface area contributed by atoms with E-state index in [1.807, 2.05) is 6.07 Å². The van der Waals surface area contributed by atoms with E-state index in [1.54, 1.807) is 31.2 Å². The first-order valence-corrected chi connectivity index (χ1v) is 8.66. The zero-order valence-corrected chi connectivity index (χ0v) is 15.8. The summed E-state index contributed by atoms with van der Waals surface area (Å²) < 4.78 is 5.32. The fourth-order valence-corrected chi connectivity index (χ4v) is 2.41. The molecule has 2 aromatic rings. The molecule has 0 aliphatic carbocycles. The molecule has 0 saturated heterocycles. The Morgan fingerprint density at radius 3 is 2.63 bits per heavy atom. The van der Waals surface area contributed by atoms with E-state index in [4.69, 9.17) is 33.2 Å². The first kappa shape index (κ1) is 20.4. The molecule has 2 aromatic carbocycles. The SMILES string of the molecule is CCNC(=O)Nc1cccc(OC(=O)N(CC#N)c2ccc(Cl)c(Cl)c2)c1. The topological polar surface area (TPSA) is 94.5 Å². The lowest BCUT2D eigenvalue weighted by Gasteiger charge is -2.19. The van der Waals surface area contributed by atoms with Gasteiger partial charge in [0.1, 0.15) is 12.3 Å². The van der Waals surface area contributed by atoms with Crippen LogP contribution in [0.3, 0.4) is 0 Å². The molecular formula is C18H16Cl2N4O3. The number of nitrogens with zero attached hydrogens (tertiary/aromatic N) is 2. The second-order valence-corrected chi connectivity index (χ2v) is 6.04. The summed E-state index contributed by atoms with van der Waals surface area (Å²) in [4.78, 5) is 25.2. The molecule has 0 heterocycles. The van der Waals surface area contributed by atoms with E-state index in [-0.39, 0.29) is 23.3 Å². The highest BCUT2D eigenvalue weighted by Gasteiger charge is 2.19. The van der Waals surface area contributed by atoms with Gasteiger partial charge in [-0.05, 0) is 37.3 Å². The fraction of sp³-hybridized carbons (Fsp3) is 0.167. The molecular weight excluding hydrogens is 391 g/mol. The van der Waals surface area contributed by atoms with E-state index < -0.39 is 6.09 Å². The van der Waals surface area contributed by atoms with Gasteiger partial charge in [0.15, 0.2) is 0 Å². The number of urea groups is 1. The molecule has 3 amide bonds. The Balaban J connectivity index is 2.16. The molecule has 9 heteroatoms. The summed E-state index contributed by atoms with van der Waals surface area (Å²) in [6.07, 6.45) is -0.773. The summed E-state index contributed by atoms with van der Waals surface area (Å²) >= 11 is 11.9. The number of anilines is 2. The molecule has 0 aromatic heterocycles. The zero-order valence-electron chi connectivity index (χ0n) is 14.3. The van der Waals surface area contributed by atoms with Crippen LogP contribution in [-0.2, 0) is 0 Å². The van der Waals surface area contributed by atoms with Gasteiger partial charge in [-0.2, -0.15) is 5.26 Å². The van der Waals surface area contributed by atoms with E-state index in [9.17, 15) is 9.59 Å². The zero-order chi connectivity index (χ0) is 19.8. The lowest BCUT2D eigenvalue weighted by Crippen LogP contribution is -2.34. The van der Waals surface area contributed by atoms with Gasteiger partial charge >= 0.3 is 12.1 Å². The van der Waals surface area contributed by atoms with Crippen LogP contribution in [0.25, 0.3) is 0 Å². The number of ether oxygens (including phenoxy) is 1. The first-order chi connectivity index (χ1) is 12.9. The van der Waals surface area contributed by atoms with Gasteiger partial charge < -0.3 is 15.4 Å². The van der Waals surface area contributed by atoms with E-state index in [0.717, 1.165) is 4.90 Å². The Hall–Kier alpha value is -2.95. The van der Waals surface area contributed by atoms with Crippen molar-refractivity contribution in [3.05, 3.63) is 52.5 Å². The summed E-state index contributed by atoms with van der Waals surface area (Å²) in [5.74, 6) is 0.206. The molecule has 0 aliphatic rings. The predicted molar refractivity (Wildman–Crippen MR) is 105 cm³/mol. The monoisotopic (exact) mass is 406 g/mol. The number of hydrogen-bond donors (Lipinski definition) is 2. The standard InChI is InChI=1S/C18H16Cl2N4O3/c1-2-22-17(25)23-12-4-3-5-14(10-12)27-18(26)24(9-8-21)13-6-7-15(19)16(20)11-13/h3-7,10-11H,2,9H2,1H3,(H2,22,23,25). The average Bonchev–Trinajstić information content (AvgIpc) is 2.62. The third kappa shape index (κ3) is 5.78. The summed E-state index contributed by atoms with van der Waals surface area (Å²) in [6.45, 7) is 2.03. The van der Waals surface area contributed by atoms with Gasteiger partial charge in [0.2, 0.25) is 0 Å². The molecule has 7 nitrogen and oxygen atoms in total. The normalized spacial score (nSPS) is 9.85. The van der Waals surface area contributed by atoms with Crippen molar-refractivity contribution in [2.45, 2.75) is 6.92 Å². The van der Waals surface area contributed by atoms with Crippen LogP contribution in [0.4, 0.5) is 21.0 Å². The molecule has 140 valence electrons. The van der Waals surface area contributed by atoms with Crippen molar-refractivity contribution in [2.75, 3.05) is 23.3 Å². The highest BCUT2D eigenvalue weighted by Crippen LogP contribution is 2.28. The summed E-state index contributed by atoms with van der Waals surface area (Å²) in [5, 5.41) is 14.8. The van der Waals surface area contributed by atoms with E-state index in [2.05, 4.69) is 10.6 Å². The van der Waals surface area contributed by atoms with Crippen LogP contribution < -0.4 is 20.3 Å². The minimum absolute atomic E-state index is 0.206. The maximum Gasteiger partial charge on any atom is 0.420 e. The maximum absolute atomic E-state index is 12.5. The van der Waals surface area contributed by atoms with Crippen molar-refractivity contribution in [3.8, 4) is 11.8 Å². The number of carbonyl (C=O) groups is 2. The van der Waals surface area contributed by atoms with Crippen molar-refractivity contribution in [2.24, 2.45) is 0 Å². The highest BCUT2D eigenvalue weighted by atomic mass is 35.5. The number of carbonyl (C=O) groups excluding carboxylic acids is 2. The summed E-state index contributed by atoms with van der Waals surface area (Å²) in [5.41, 5.74) is 0.820. The molecule has 0 spiro atoms. The van der Waals surface area contributed by atoms with Gasteiger partial charge in [0, 0.05) is 24.0 Å². The van der Waals surface area contributed by atoms with Crippen molar-refractivity contribution < 1.29 is 14.3 Å². The number of nitriles is 1. The van der Waals surface area contributed by atoms with Gasteiger partial charge in [0.25, 0.3) is 0 Å². The van der Waals surface area contributed by atoms with Crippen LogP contribution in [0.15, 0.2) is 42.5 Å². The Labute approximate surface area is 166 Å². The summed E-state index contributed by atoms with van der Waals surface area (Å²) in [6, 6.07) is 12.4. The smallest absolute Gasteiger partial charge is 0.410 e. The molecule has 0 saturated carbocycles. The van der Waals surface area contributed by atoms with Gasteiger partial charge in [-0.25, -0.2) is 9.59 Å². The van der Waals surface area contributed by atoms with Crippen LogP contribution in [0, 0.1) is 11.3 Å². The number of hydrogen-bond acceptors (Lipinski definition) is 4. The third-order valence-corrected chi connectivity index (χ3v) is 4.04. The number of amides is 3. The molecule has 0 unspecified atom stereocenters. The molecule has 0 bridgehead atoms. The highest BCUT2D eigenvalue weighted by molar-refractivity contribution is 6.42. The molecule has 27 heavy (non-hydrogen) atoms. The van der Waals surface area contributed by atoms with Gasteiger partial charge in [-0.15, -0.1) is 0 Å². The van der Waals surface area contributed by atoms with Crippen LogP contribution in [0.2, 0.25) is 10.0 Å². The molecule has 0 fully saturated rings. The number of halogens is 2. The van der Waals surface area contributed by atoms with Crippen LogP contribution >= 0.6 is 23.2 Å². The van der Waals surface area contributed by atoms with Crippen LogP contribution in [0.1, 0.15) is 6.92 Å². The summed E-state index contributed by atoms with van der Waals surface area (Å²) in [7, 11) is 0. The second-order valence-electron chi connectivity index (χ2n) is 5.22. The average molecular weight is 407 g/mol. The van der Waals surface area contributed by atoms with Crippen molar-refractivity contribution >= 4 is 46.7 Å². The number of rotatable bonds is 5. The fourth-order valence-electron chi connectivity index (χ4n) is 2.11. The third-order valence-electron chi connectivity index (χ3n) is 3.30. The molecule has 0 aliphatic heterocycles. The second kappa shape index (κ2) is 9.67. The molecule has 0 atom stereocenters. The molecule has 0 radical (unpaired) electrons. The maximum atomic E-state index is 12.5. The Morgan fingerprint density at radius 2 is 1.96 bits per heavy atom. The molecule has 2 N–H and O–H groups in total. The van der Waals surface area contributed by atoms with E-state index in [1.165, 1.54) is 18.2 Å². The van der Waals surface area contributed by atoms with Gasteiger partial charge in [-0.3, -0.25) is 4.90 Å². The minimum atomic E-state index is -0.773. The van der Waals surface area contributed by atoms with Crippen LogP contribution in [0.5, 0.6) is 5.75 Å². The number of nitrogens with one attached hydrogen (secondary N) is 2. The Bertz CT molecular complexity index is 883. The van der Waals surface area contributed by atoms with E-state index >= 15 is 0 Å². The van der Waals surface area contributed by atoms with Crippen molar-refractivity contribution in [1.82, 2.24) is 5.32 Å². The predicted octanol–water partition coefficient (Wildman–Crippen LogP) is 4.66. The molecule has 2 rings (SSSR count). The Morgan fingerprint density at radius 1 is 1.19 bits per heavy atom. The van der Waals surface area contributed by atoms with E-state index in [0.29, 0.717) is 22.9 Å². The quantitative estimate of drug-likeness (QED) is 0.705. The largest absolute Gasteiger partial charge is 0.420 e. The lowest BCUT2D eigenvalue weighted by molar-refractivity contribution is 0.208. The minimum Gasteiger partial charge on any atom is -0.410 e. The van der Waals surface area contributed by atoms with Gasteiger partial charge in [-0.1, -0.05) is 29.3 Å². The Kier molecular flexibility index (Phi) is 7.29.